The topological polar surface area (TPSA) is 112 Å². The number of benzene rings is 1. The van der Waals surface area contributed by atoms with Gasteiger partial charge in [0.1, 0.15) is 18.0 Å². The van der Waals surface area contributed by atoms with E-state index in [2.05, 4.69) is 15.1 Å². The van der Waals surface area contributed by atoms with Crippen LogP contribution in [-0.2, 0) is 27.9 Å². The molecule has 0 aliphatic heterocycles. The summed E-state index contributed by atoms with van der Waals surface area (Å²) in [6.45, 7) is 4.18. The molecule has 11 heteroatoms. The van der Waals surface area contributed by atoms with Crippen molar-refractivity contribution in [2.45, 2.75) is 31.9 Å². The van der Waals surface area contributed by atoms with Crippen LogP contribution in [0.2, 0.25) is 0 Å². The molecule has 1 aromatic carbocycles. The number of hydrogen-bond donors (Lipinski definition) is 0. The third-order valence-electron chi connectivity index (χ3n) is 5.00. The smallest absolute Gasteiger partial charge is 0.344 e. The molecule has 0 unspecified atom stereocenters. The lowest BCUT2D eigenvalue weighted by molar-refractivity contribution is 0.0460. The van der Waals surface area contributed by atoms with Gasteiger partial charge >= 0.3 is 5.97 Å². The Bertz CT molecular complexity index is 1400. The highest BCUT2D eigenvalue weighted by Crippen LogP contribution is 2.23. The van der Waals surface area contributed by atoms with E-state index in [-0.39, 0.29) is 11.5 Å². The Morgan fingerprint density at radius 1 is 1.26 bits per heavy atom. The third-order valence-corrected chi connectivity index (χ3v) is 6.81. The van der Waals surface area contributed by atoms with E-state index in [0.29, 0.717) is 34.8 Å². The number of rotatable bonds is 6. The highest BCUT2D eigenvalue weighted by Gasteiger charge is 2.22. The van der Waals surface area contributed by atoms with Gasteiger partial charge < -0.3 is 9.30 Å². The first-order valence-corrected chi connectivity index (χ1v) is 11.1. The lowest BCUT2D eigenvalue weighted by Gasteiger charge is -2.11. The molecule has 10 nitrogen and oxygen atoms in total. The Balaban J connectivity index is 1.65. The summed E-state index contributed by atoms with van der Waals surface area (Å²) in [7, 11) is -0.620. The molecule has 0 atom stereocenters. The van der Waals surface area contributed by atoms with Crippen LogP contribution in [0.5, 0.6) is 0 Å². The largest absolute Gasteiger partial charge is 0.454 e. The van der Waals surface area contributed by atoms with E-state index < -0.39 is 16.0 Å². The Morgan fingerprint density at radius 3 is 2.74 bits per heavy atom. The zero-order valence-corrected chi connectivity index (χ0v) is 18.4. The van der Waals surface area contributed by atoms with Crippen molar-refractivity contribution in [2.24, 2.45) is 0 Å². The van der Waals surface area contributed by atoms with E-state index in [1.54, 1.807) is 37.5 Å². The van der Waals surface area contributed by atoms with E-state index in [0.717, 1.165) is 9.82 Å². The van der Waals surface area contributed by atoms with Gasteiger partial charge in [-0.1, -0.05) is 0 Å². The van der Waals surface area contributed by atoms with E-state index >= 15 is 0 Å². The number of ether oxygens (including phenoxy) is 1. The van der Waals surface area contributed by atoms with Crippen molar-refractivity contribution in [1.29, 1.82) is 0 Å². The number of aromatic nitrogens is 5. The van der Waals surface area contributed by atoms with Gasteiger partial charge in [-0.25, -0.2) is 32.0 Å². The standard InChI is InChI=1S/C20H22N6O4S/c1-5-25-16-8-7-14(31(28,29)24(3)4)11-15(16)22-17(25)12-30-20(27)18-13(2)23-26-10-6-9-21-19(18)26/h6-11H,5,12H2,1-4H3. The predicted octanol–water partition coefficient (Wildman–Crippen LogP) is 2.01. The lowest BCUT2D eigenvalue weighted by Crippen LogP contribution is -2.22. The molecule has 0 radical (unpaired) electrons. The maximum absolute atomic E-state index is 12.8. The van der Waals surface area contributed by atoms with Crippen LogP contribution in [0.3, 0.4) is 0 Å². The molecule has 31 heavy (non-hydrogen) atoms. The van der Waals surface area contributed by atoms with Crippen molar-refractivity contribution in [3.8, 4) is 0 Å². The summed E-state index contributed by atoms with van der Waals surface area (Å²) in [5.74, 6) is -0.0240. The van der Waals surface area contributed by atoms with E-state index in [1.165, 1.54) is 24.7 Å². The molecule has 3 heterocycles. The molecular weight excluding hydrogens is 420 g/mol. The molecule has 0 aliphatic rings. The summed E-state index contributed by atoms with van der Waals surface area (Å²) >= 11 is 0. The van der Waals surface area contributed by atoms with Crippen LogP contribution >= 0.6 is 0 Å². The Labute approximate surface area is 179 Å². The molecule has 0 bridgehead atoms. The minimum atomic E-state index is -3.58. The number of sulfonamides is 1. The van der Waals surface area contributed by atoms with Crippen LogP contribution in [0.15, 0.2) is 41.6 Å². The van der Waals surface area contributed by atoms with Crippen LogP contribution in [0.25, 0.3) is 16.7 Å². The van der Waals surface area contributed by atoms with Gasteiger partial charge in [-0.15, -0.1) is 0 Å². The minimum absolute atomic E-state index is 0.0687. The molecule has 4 rings (SSSR count). The Kier molecular flexibility index (Phi) is 5.23. The van der Waals surface area contributed by atoms with Crippen molar-refractivity contribution in [3.63, 3.8) is 0 Å². The zero-order chi connectivity index (χ0) is 22.3. The summed E-state index contributed by atoms with van der Waals surface area (Å²) in [6, 6.07) is 6.52. The summed E-state index contributed by atoms with van der Waals surface area (Å²) < 4.78 is 35.0. The highest BCUT2D eigenvalue weighted by atomic mass is 32.2. The molecular formula is C20H22N6O4S. The van der Waals surface area contributed by atoms with Crippen molar-refractivity contribution >= 4 is 32.7 Å². The number of nitrogens with zero attached hydrogens (tertiary/aromatic N) is 6. The fourth-order valence-electron chi connectivity index (χ4n) is 3.43. The van der Waals surface area contributed by atoms with Crippen molar-refractivity contribution < 1.29 is 17.9 Å². The number of fused-ring (bicyclic) bond motifs is 2. The van der Waals surface area contributed by atoms with Crippen molar-refractivity contribution in [3.05, 3.63) is 53.7 Å². The Hall–Kier alpha value is -3.31. The molecule has 0 spiro atoms. The van der Waals surface area contributed by atoms with E-state index in [9.17, 15) is 13.2 Å². The van der Waals surface area contributed by atoms with Gasteiger partial charge in [0, 0.05) is 33.0 Å². The highest BCUT2D eigenvalue weighted by molar-refractivity contribution is 7.89. The number of imidazole rings is 1. The first-order chi connectivity index (χ1) is 14.7. The quantitative estimate of drug-likeness (QED) is 0.420. The van der Waals surface area contributed by atoms with Crippen LogP contribution in [0.4, 0.5) is 0 Å². The number of carbonyl (C=O) groups excluding carboxylic acids is 1. The summed E-state index contributed by atoms with van der Waals surface area (Å²) in [5.41, 5.74) is 2.53. The average Bonchev–Trinajstić information content (AvgIpc) is 3.27. The normalized spacial score (nSPS) is 12.2. The first-order valence-electron chi connectivity index (χ1n) is 9.62. The maximum Gasteiger partial charge on any atom is 0.344 e. The van der Waals surface area contributed by atoms with Gasteiger partial charge in [0.05, 0.1) is 21.6 Å². The molecule has 0 fully saturated rings. The van der Waals surface area contributed by atoms with E-state index in [1.807, 2.05) is 11.5 Å². The lowest BCUT2D eigenvalue weighted by atomic mass is 10.2. The summed E-state index contributed by atoms with van der Waals surface area (Å²) in [6.07, 6.45) is 3.30. The average molecular weight is 443 g/mol. The van der Waals surface area contributed by atoms with Gasteiger partial charge in [0.25, 0.3) is 0 Å². The van der Waals surface area contributed by atoms with E-state index in [4.69, 9.17) is 4.74 Å². The minimum Gasteiger partial charge on any atom is -0.454 e. The second-order valence-corrected chi connectivity index (χ2v) is 9.29. The molecule has 162 valence electrons. The first kappa shape index (κ1) is 20.9. The molecule has 3 aromatic heterocycles. The third kappa shape index (κ3) is 3.55. The fraction of sp³-hybridized carbons (Fsp3) is 0.300. The fourth-order valence-corrected chi connectivity index (χ4v) is 4.35. The van der Waals surface area contributed by atoms with Crippen LogP contribution in [0, 0.1) is 6.92 Å². The van der Waals surface area contributed by atoms with Crippen LogP contribution < -0.4 is 0 Å². The molecule has 4 aromatic rings. The summed E-state index contributed by atoms with van der Waals surface area (Å²) in [4.78, 5) is 21.6. The molecule has 0 aliphatic carbocycles. The van der Waals surface area contributed by atoms with Gasteiger partial charge in [-0.3, -0.25) is 0 Å². The number of aryl methyl sites for hydroxylation is 2. The number of hydrogen-bond acceptors (Lipinski definition) is 7. The maximum atomic E-state index is 12.8. The van der Waals surface area contributed by atoms with Gasteiger partial charge in [-0.2, -0.15) is 5.10 Å². The van der Waals surface area contributed by atoms with Gasteiger partial charge in [0.2, 0.25) is 10.0 Å². The monoisotopic (exact) mass is 442 g/mol. The molecule has 0 amide bonds. The summed E-state index contributed by atoms with van der Waals surface area (Å²) in [5, 5.41) is 4.28. The molecule has 0 N–H and O–H groups in total. The number of esters is 1. The Morgan fingerprint density at radius 2 is 2.03 bits per heavy atom. The van der Waals surface area contributed by atoms with Crippen LogP contribution in [0.1, 0.15) is 28.8 Å². The van der Waals surface area contributed by atoms with Gasteiger partial charge in [-0.05, 0) is 38.1 Å². The SMILES string of the molecule is CCn1c(COC(=O)c2c(C)nn3cccnc23)nc2cc(S(=O)(=O)N(C)C)ccc21. The molecule has 0 saturated heterocycles. The molecule has 0 saturated carbocycles. The number of carbonyl (C=O) groups is 1. The van der Waals surface area contributed by atoms with Crippen molar-refractivity contribution in [1.82, 2.24) is 28.5 Å². The second kappa shape index (κ2) is 7.75. The van der Waals surface area contributed by atoms with Gasteiger partial charge in [0.15, 0.2) is 5.65 Å². The van der Waals surface area contributed by atoms with Crippen LogP contribution in [-0.4, -0.2) is 56.9 Å². The zero-order valence-electron chi connectivity index (χ0n) is 17.6. The van der Waals surface area contributed by atoms with Crippen molar-refractivity contribution in [2.75, 3.05) is 14.1 Å². The predicted molar refractivity (Wildman–Crippen MR) is 113 cm³/mol. The second-order valence-electron chi connectivity index (χ2n) is 7.13.